The quantitative estimate of drug-likeness (QED) is 0.796. The van der Waals surface area contributed by atoms with Crippen molar-refractivity contribution in [2.75, 3.05) is 5.73 Å². The van der Waals surface area contributed by atoms with Gasteiger partial charge < -0.3 is 10.5 Å². The summed E-state index contributed by atoms with van der Waals surface area (Å²) in [6, 6.07) is 9.39. The van der Waals surface area contributed by atoms with Crippen LogP contribution in [-0.2, 0) is 4.74 Å². The van der Waals surface area contributed by atoms with Gasteiger partial charge in [-0.05, 0) is 32.9 Å². The first-order valence-corrected chi connectivity index (χ1v) is 6.13. The minimum atomic E-state index is -0.507. The topological polar surface area (TPSA) is 57.2 Å². The molecule has 0 aliphatic rings. The number of nitrogens with two attached hydrogens (primary N) is 1. The Morgan fingerprint density at radius 2 is 1.89 bits per heavy atom. The summed E-state index contributed by atoms with van der Waals surface area (Å²) in [4.78, 5) is 11.9. The number of carbonyl (C=O) groups is 1. The second-order valence-corrected chi connectivity index (χ2v) is 5.38. The predicted octanol–water partition coefficient (Wildman–Crippen LogP) is 3.52. The molecule has 100 valence electrons. The molecule has 4 heteroatoms. The molecule has 0 bridgehead atoms. The number of aromatic nitrogens is 1. The van der Waals surface area contributed by atoms with Gasteiger partial charge in [0.25, 0.3) is 0 Å². The van der Waals surface area contributed by atoms with E-state index in [0.717, 1.165) is 11.1 Å². The molecule has 1 aromatic heterocycles. The van der Waals surface area contributed by atoms with Gasteiger partial charge in [0.1, 0.15) is 5.60 Å². The maximum Gasteiger partial charge on any atom is 0.418 e. The van der Waals surface area contributed by atoms with Crippen molar-refractivity contribution in [1.29, 1.82) is 0 Å². The van der Waals surface area contributed by atoms with Crippen LogP contribution >= 0.6 is 0 Å². The summed E-state index contributed by atoms with van der Waals surface area (Å²) in [7, 11) is 0. The fourth-order valence-electron chi connectivity index (χ4n) is 1.74. The van der Waals surface area contributed by atoms with Crippen molar-refractivity contribution in [3.8, 4) is 11.1 Å². The fraction of sp³-hybridized carbons (Fsp3) is 0.267. The Labute approximate surface area is 112 Å². The first-order valence-electron chi connectivity index (χ1n) is 6.13. The van der Waals surface area contributed by atoms with Crippen LogP contribution in [0.1, 0.15) is 20.8 Å². The van der Waals surface area contributed by atoms with E-state index >= 15 is 0 Å². The van der Waals surface area contributed by atoms with Gasteiger partial charge in [-0.25, -0.2) is 4.79 Å². The molecule has 19 heavy (non-hydrogen) atoms. The van der Waals surface area contributed by atoms with Gasteiger partial charge in [-0.1, -0.05) is 18.2 Å². The van der Waals surface area contributed by atoms with E-state index in [1.807, 2.05) is 51.1 Å². The Hall–Kier alpha value is -2.23. The van der Waals surface area contributed by atoms with Gasteiger partial charge in [-0.15, -0.1) is 0 Å². The monoisotopic (exact) mass is 258 g/mol. The first-order chi connectivity index (χ1) is 8.87. The molecule has 2 N–H and O–H groups in total. The fourth-order valence-corrected chi connectivity index (χ4v) is 1.74. The van der Waals surface area contributed by atoms with Crippen molar-refractivity contribution in [3.05, 3.63) is 42.7 Å². The zero-order chi connectivity index (χ0) is 14.0. The third-order valence-corrected chi connectivity index (χ3v) is 2.57. The van der Waals surface area contributed by atoms with Crippen molar-refractivity contribution < 1.29 is 9.53 Å². The lowest BCUT2D eigenvalue weighted by Crippen LogP contribution is -2.26. The molecule has 0 radical (unpaired) electrons. The van der Waals surface area contributed by atoms with Gasteiger partial charge in [0.05, 0.1) is 0 Å². The Morgan fingerprint density at radius 1 is 1.21 bits per heavy atom. The minimum Gasteiger partial charge on any atom is -0.443 e. The molecule has 1 heterocycles. The summed E-state index contributed by atoms with van der Waals surface area (Å²) in [5.41, 5.74) is 7.89. The average molecular weight is 258 g/mol. The Balaban J connectivity index is 2.25. The van der Waals surface area contributed by atoms with Crippen LogP contribution in [0.5, 0.6) is 0 Å². The molecule has 0 saturated heterocycles. The van der Waals surface area contributed by atoms with Crippen LogP contribution in [-0.4, -0.2) is 16.3 Å². The normalized spacial score (nSPS) is 11.3. The molecule has 0 amide bonds. The van der Waals surface area contributed by atoms with E-state index in [1.54, 1.807) is 12.4 Å². The Morgan fingerprint density at radius 3 is 2.53 bits per heavy atom. The van der Waals surface area contributed by atoms with Crippen LogP contribution in [0.15, 0.2) is 42.7 Å². The van der Waals surface area contributed by atoms with Crippen molar-refractivity contribution >= 4 is 11.8 Å². The molecular formula is C15H18N2O2. The van der Waals surface area contributed by atoms with E-state index in [4.69, 9.17) is 10.5 Å². The molecule has 0 saturated carbocycles. The second kappa shape index (κ2) is 4.80. The number of benzene rings is 1. The largest absolute Gasteiger partial charge is 0.443 e. The molecule has 2 aromatic rings. The number of rotatable bonds is 1. The average Bonchev–Trinajstić information content (AvgIpc) is 2.76. The Bertz CT molecular complexity index is 594. The van der Waals surface area contributed by atoms with Gasteiger partial charge in [0, 0.05) is 29.2 Å². The molecule has 0 fully saturated rings. The van der Waals surface area contributed by atoms with Gasteiger partial charge in [-0.2, -0.15) is 0 Å². The van der Waals surface area contributed by atoms with Crippen molar-refractivity contribution in [1.82, 2.24) is 4.57 Å². The molecule has 0 atom stereocenters. The van der Waals surface area contributed by atoms with E-state index in [2.05, 4.69) is 0 Å². The molecular weight excluding hydrogens is 240 g/mol. The first kappa shape index (κ1) is 13.2. The number of hydrogen-bond acceptors (Lipinski definition) is 3. The van der Waals surface area contributed by atoms with Crippen molar-refractivity contribution in [2.24, 2.45) is 0 Å². The maximum absolute atomic E-state index is 11.9. The standard InChI is InChI=1S/C15H18N2O2/c1-15(2,3)19-14(18)17-9-8-11(10-17)12-6-4-5-7-13(12)16/h4-10H,16H2,1-3H3. The second-order valence-electron chi connectivity index (χ2n) is 5.38. The number of nitrogen functional groups attached to an aromatic ring is 1. The SMILES string of the molecule is CC(C)(C)OC(=O)n1ccc(-c2ccccc2N)c1. The molecule has 0 aliphatic carbocycles. The summed E-state index contributed by atoms with van der Waals surface area (Å²) < 4.78 is 6.72. The van der Waals surface area contributed by atoms with Crippen LogP contribution in [0, 0.1) is 0 Å². The lowest BCUT2D eigenvalue weighted by molar-refractivity contribution is 0.0537. The third-order valence-electron chi connectivity index (χ3n) is 2.57. The molecule has 0 aliphatic heterocycles. The highest BCUT2D eigenvalue weighted by molar-refractivity contribution is 5.79. The van der Waals surface area contributed by atoms with Crippen LogP contribution in [0.25, 0.3) is 11.1 Å². The Kier molecular flexibility index (Phi) is 3.34. The van der Waals surface area contributed by atoms with Crippen molar-refractivity contribution in [3.63, 3.8) is 0 Å². The zero-order valence-electron chi connectivity index (χ0n) is 11.4. The maximum atomic E-state index is 11.9. The molecule has 0 unspecified atom stereocenters. The summed E-state index contributed by atoms with van der Waals surface area (Å²) in [5, 5.41) is 0. The number of para-hydroxylation sites is 1. The van der Waals surface area contributed by atoms with Gasteiger partial charge in [0.15, 0.2) is 0 Å². The lowest BCUT2D eigenvalue weighted by atomic mass is 10.1. The van der Waals surface area contributed by atoms with Crippen LogP contribution < -0.4 is 5.73 Å². The lowest BCUT2D eigenvalue weighted by Gasteiger charge is -2.19. The van der Waals surface area contributed by atoms with E-state index in [0.29, 0.717) is 5.69 Å². The van der Waals surface area contributed by atoms with Crippen LogP contribution in [0.2, 0.25) is 0 Å². The van der Waals surface area contributed by atoms with Crippen LogP contribution in [0.3, 0.4) is 0 Å². The summed E-state index contributed by atoms with van der Waals surface area (Å²) in [6.07, 6.45) is 3.00. The summed E-state index contributed by atoms with van der Waals surface area (Å²) >= 11 is 0. The van der Waals surface area contributed by atoms with Gasteiger partial charge in [-0.3, -0.25) is 4.57 Å². The summed E-state index contributed by atoms with van der Waals surface area (Å²) in [6.45, 7) is 5.51. The predicted molar refractivity (Wildman–Crippen MR) is 75.9 cm³/mol. The number of ether oxygens (including phenoxy) is 1. The van der Waals surface area contributed by atoms with E-state index in [-0.39, 0.29) is 0 Å². The smallest absolute Gasteiger partial charge is 0.418 e. The third kappa shape index (κ3) is 3.16. The molecule has 1 aromatic carbocycles. The molecule has 0 spiro atoms. The highest BCUT2D eigenvalue weighted by Gasteiger charge is 2.17. The van der Waals surface area contributed by atoms with Gasteiger partial charge in [0.2, 0.25) is 0 Å². The van der Waals surface area contributed by atoms with E-state index in [9.17, 15) is 4.79 Å². The number of anilines is 1. The number of hydrogen-bond donors (Lipinski definition) is 1. The summed E-state index contributed by atoms with van der Waals surface area (Å²) in [5.74, 6) is 0. The highest BCUT2D eigenvalue weighted by atomic mass is 16.6. The van der Waals surface area contributed by atoms with Gasteiger partial charge >= 0.3 is 6.09 Å². The van der Waals surface area contributed by atoms with Crippen LogP contribution in [0.4, 0.5) is 10.5 Å². The molecule has 2 rings (SSSR count). The van der Waals surface area contributed by atoms with Crippen molar-refractivity contribution in [2.45, 2.75) is 26.4 Å². The number of nitrogens with zero attached hydrogens (tertiary/aromatic N) is 1. The van der Waals surface area contributed by atoms with E-state index in [1.165, 1.54) is 4.57 Å². The minimum absolute atomic E-state index is 0.395. The van der Waals surface area contributed by atoms with E-state index < -0.39 is 11.7 Å². The number of carbonyl (C=O) groups excluding carboxylic acids is 1. The zero-order valence-corrected chi connectivity index (χ0v) is 11.4. The molecule has 4 nitrogen and oxygen atoms in total. The highest BCUT2D eigenvalue weighted by Crippen LogP contribution is 2.25.